The number of phenolic OH excluding ortho intramolecular Hbond substituents is 1. The van der Waals surface area contributed by atoms with Crippen molar-refractivity contribution < 1.29 is 29.5 Å². The van der Waals surface area contributed by atoms with Gasteiger partial charge < -0.3 is 31.4 Å². The van der Waals surface area contributed by atoms with Gasteiger partial charge in [0.25, 0.3) is 0 Å². The number of phenols is 1. The van der Waals surface area contributed by atoms with Gasteiger partial charge >= 0.3 is 6.03 Å². The van der Waals surface area contributed by atoms with Crippen molar-refractivity contribution in [2.75, 3.05) is 6.54 Å². The van der Waals surface area contributed by atoms with Crippen LogP contribution < -0.4 is 26.7 Å². The molecule has 1 aromatic heterocycles. The smallest absolute Gasteiger partial charge is 0.338 e. The molecule has 0 spiro atoms. The van der Waals surface area contributed by atoms with Crippen LogP contribution in [0.4, 0.5) is 4.79 Å². The number of benzene rings is 3. The molecule has 230 valence electrons. The number of aromatic hydroxyl groups is 1. The van der Waals surface area contributed by atoms with Crippen molar-refractivity contribution in [1.82, 2.24) is 31.7 Å². The molecule has 3 aromatic carbocycles. The predicted molar refractivity (Wildman–Crippen MR) is 164 cm³/mol. The summed E-state index contributed by atoms with van der Waals surface area (Å²) in [5, 5.41) is 30.0. The number of H-pyrrole nitrogens is 1. The van der Waals surface area contributed by atoms with Crippen LogP contribution in [0.25, 0.3) is 10.9 Å². The van der Waals surface area contributed by atoms with E-state index in [9.17, 15) is 24.3 Å². The molecule has 1 heterocycles. The molecule has 0 saturated carbocycles. The van der Waals surface area contributed by atoms with Crippen molar-refractivity contribution in [2.45, 2.75) is 44.3 Å². The van der Waals surface area contributed by atoms with E-state index in [0.717, 1.165) is 22.0 Å². The Morgan fingerprint density at radius 2 is 1.36 bits per heavy atom. The normalized spacial score (nSPS) is 12.9. The van der Waals surface area contributed by atoms with Crippen molar-refractivity contribution in [1.29, 1.82) is 0 Å². The number of urea groups is 1. The van der Waals surface area contributed by atoms with Gasteiger partial charge in [-0.25, -0.2) is 10.3 Å². The van der Waals surface area contributed by atoms with Gasteiger partial charge in [0.1, 0.15) is 17.8 Å². The van der Waals surface area contributed by atoms with Crippen molar-refractivity contribution in [3.05, 3.63) is 102 Å². The first kappa shape index (κ1) is 31.6. The molecule has 8 N–H and O–H groups in total. The first-order valence-corrected chi connectivity index (χ1v) is 14.2. The monoisotopic (exact) mass is 600 g/mol. The number of aromatic amines is 1. The van der Waals surface area contributed by atoms with Gasteiger partial charge in [0.2, 0.25) is 17.7 Å². The number of aromatic nitrogens is 1. The minimum Gasteiger partial charge on any atom is -0.508 e. The molecule has 5 amide bonds. The molecule has 12 heteroatoms. The van der Waals surface area contributed by atoms with E-state index in [1.54, 1.807) is 12.1 Å². The fraction of sp³-hybridized carbons (Fsp3) is 0.250. The van der Waals surface area contributed by atoms with Crippen molar-refractivity contribution >= 4 is 34.7 Å². The second-order valence-electron chi connectivity index (χ2n) is 10.5. The quantitative estimate of drug-likeness (QED) is 0.0858. The minimum atomic E-state index is -1.12. The highest BCUT2D eigenvalue weighted by Crippen LogP contribution is 2.19. The summed E-state index contributed by atoms with van der Waals surface area (Å²) in [4.78, 5) is 54.4. The molecule has 44 heavy (non-hydrogen) atoms. The van der Waals surface area contributed by atoms with Crippen LogP contribution in [-0.4, -0.2) is 63.7 Å². The zero-order valence-corrected chi connectivity index (χ0v) is 24.2. The summed E-state index contributed by atoms with van der Waals surface area (Å²) in [7, 11) is 0. The molecule has 0 saturated heterocycles. The zero-order chi connectivity index (χ0) is 31.5. The third-order valence-electron chi connectivity index (χ3n) is 7.04. The summed E-state index contributed by atoms with van der Waals surface area (Å²) >= 11 is 0. The molecule has 0 aliphatic heterocycles. The molecule has 2 unspecified atom stereocenters. The minimum absolute atomic E-state index is 0.0411. The summed E-state index contributed by atoms with van der Waals surface area (Å²) in [6.07, 6.45) is 2.74. The number of hydroxylamine groups is 1. The lowest BCUT2D eigenvalue weighted by atomic mass is 10.0. The Morgan fingerprint density at radius 1 is 0.750 bits per heavy atom. The molecular weight excluding hydrogens is 564 g/mol. The summed E-state index contributed by atoms with van der Waals surface area (Å²) in [6.45, 7) is 1.38. The lowest BCUT2D eigenvalue weighted by molar-refractivity contribution is -0.132. The van der Waals surface area contributed by atoms with Crippen LogP contribution >= 0.6 is 0 Å². The topological polar surface area (TPSA) is 185 Å². The summed E-state index contributed by atoms with van der Waals surface area (Å²) in [6, 6.07) is 20.0. The third-order valence-corrected chi connectivity index (χ3v) is 7.04. The Labute approximate surface area is 254 Å². The van der Waals surface area contributed by atoms with Gasteiger partial charge in [-0.05, 0) is 48.2 Å². The molecule has 4 aromatic rings. The van der Waals surface area contributed by atoms with Crippen molar-refractivity contribution in [2.24, 2.45) is 0 Å². The fourth-order valence-electron chi connectivity index (χ4n) is 4.88. The highest BCUT2D eigenvalue weighted by atomic mass is 16.5. The third kappa shape index (κ3) is 9.07. The van der Waals surface area contributed by atoms with Gasteiger partial charge in [0.15, 0.2) is 0 Å². The summed E-state index contributed by atoms with van der Waals surface area (Å²) in [5.41, 5.74) is 4.89. The average molecular weight is 601 g/mol. The number of amides is 5. The maximum atomic E-state index is 13.6. The Kier molecular flexibility index (Phi) is 10.9. The molecule has 0 aliphatic rings. The van der Waals surface area contributed by atoms with Gasteiger partial charge in [0.05, 0.1) is 6.54 Å². The largest absolute Gasteiger partial charge is 0.508 e. The SMILES string of the molecule is CC(Cc1c[nH]c2ccccc12)NC(=O)[C@H](Cc1ccccc1)NC(=O)C(Cc1ccc(O)cc1)NC(=O)CNC(=O)NO. The lowest BCUT2D eigenvalue weighted by Crippen LogP contribution is -2.57. The van der Waals surface area contributed by atoms with E-state index in [-0.39, 0.29) is 30.5 Å². The average Bonchev–Trinajstić information content (AvgIpc) is 3.43. The van der Waals surface area contributed by atoms with Gasteiger partial charge in [-0.1, -0.05) is 60.7 Å². The first-order valence-electron chi connectivity index (χ1n) is 14.2. The highest BCUT2D eigenvalue weighted by molar-refractivity contribution is 5.93. The van der Waals surface area contributed by atoms with Gasteiger partial charge in [-0.3, -0.25) is 19.6 Å². The van der Waals surface area contributed by atoms with Crippen molar-refractivity contribution in [3.8, 4) is 5.75 Å². The van der Waals surface area contributed by atoms with Crippen LogP contribution in [0.1, 0.15) is 23.6 Å². The van der Waals surface area contributed by atoms with E-state index in [0.29, 0.717) is 12.0 Å². The van der Waals surface area contributed by atoms with E-state index in [1.165, 1.54) is 17.6 Å². The second kappa shape index (κ2) is 15.2. The van der Waals surface area contributed by atoms with Crippen LogP contribution in [0.15, 0.2) is 85.1 Å². The first-order chi connectivity index (χ1) is 21.2. The second-order valence-corrected chi connectivity index (χ2v) is 10.5. The standard InChI is InChI=1S/C32H36N6O6/c1-20(15-23-18-33-26-10-6-5-9-25(23)26)35-30(41)28(16-21-7-3-2-4-8-21)37-31(42)27(17-22-11-13-24(39)14-12-22)36-29(40)19-34-32(43)38-44/h2-14,18,20,27-28,33,39,44H,15-17,19H2,1H3,(H,35,41)(H,36,40)(H,37,42)(H2,34,38,43)/t20?,27?,28-/m0/s1. The van der Waals surface area contributed by atoms with Crippen LogP contribution in [0, 0.1) is 0 Å². The molecule has 0 fully saturated rings. The molecular formula is C32H36N6O6. The number of carbonyl (C=O) groups is 4. The molecule has 4 rings (SSSR count). The van der Waals surface area contributed by atoms with Crippen LogP contribution in [0.3, 0.4) is 0 Å². The van der Waals surface area contributed by atoms with Crippen LogP contribution in [-0.2, 0) is 33.6 Å². The van der Waals surface area contributed by atoms with Gasteiger partial charge in [-0.2, -0.15) is 0 Å². The number of fused-ring (bicyclic) bond motifs is 1. The Hall–Kier alpha value is -5.36. The van der Waals surface area contributed by atoms with Crippen LogP contribution in [0.5, 0.6) is 5.75 Å². The number of rotatable bonds is 13. The Balaban J connectivity index is 1.50. The number of hydrogen-bond acceptors (Lipinski definition) is 6. The summed E-state index contributed by atoms with van der Waals surface area (Å²) in [5.74, 6) is -1.65. The molecule has 0 bridgehead atoms. The fourth-order valence-corrected chi connectivity index (χ4v) is 4.88. The van der Waals surface area contributed by atoms with Crippen LogP contribution in [0.2, 0.25) is 0 Å². The van der Waals surface area contributed by atoms with Crippen molar-refractivity contribution in [3.63, 3.8) is 0 Å². The Morgan fingerprint density at radius 3 is 2.07 bits per heavy atom. The summed E-state index contributed by atoms with van der Waals surface area (Å²) < 4.78 is 0. The number of nitrogens with one attached hydrogen (secondary N) is 6. The van der Waals surface area contributed by atoms with E-state index in [2.05, 4.69) is 26.3 Å². The zero-order valence-electron chi connectivity index (χ0n) is 24.2. The maximum absolute atomic E-state index is 13.6. The molecule has 3 atom stereocenters. The molecule has 12 nitrogen and oxygen atoms in total. The van der Waals surface area contributed by atoms with Gasteiger partial charge in [-0.15, -0.1) is 0 Å². The van der Waals surface area contributed by atoms with E-state index >= 15 is 0 Å². The number of para-hydroxylation sites is 1. The lowest BCUT2D eigenvalue weighted by Gasteiger charge is -2.25. The maximum Gasteiger partial charge on any atom is 0.338 e. The number of carbonyl (C=O) groups excluding carboxylic acids is 4. The predicted octanol–water partition coefficient (Wildman–Crippen LogP) is 2.06. The number of hydrogen-bond donors (Lipinski definition) is 8. The van der Waals surface area contributed by atoms with E-state index in [1.807, 2.05) is 67.7 Å². The van der Waals surface area contributed by atoms with Gasteiger partial charge in [0, 0.05) is 36.0 Å². The van der Waals surface area contributed by atoms with E-state index in [4.69, 9.17) is 5.21 Å². The molecule has 0 radical (unpaired) electrons. The van der Waals surface area contributed by atoms with E-state index < -0.39 is 36.5 Å². The molecule has 0 aliphatic carbocycles. The highest BCUT2D eigenvalue weighted by Gasteiger charge is 2.28. The Bertz CT molecular complexity index is 1570.